The average molecular weight is 312 g/mol. The fourth-order valence-corrected chi connectivity index (χ4v) is 3.45. The maximum atomic E-state index is 12.5. The first-order valence-electron chi connectivity index (χ1n) is 8.00. The van der Waals surface area contributed by atoms with E-state index < -0.39 is 0 Å². The summed E-state index contributed by atoms with van der Waals surface area (Å²) in [4.78, 5) is 38.2. The summed E-state index contributed by atoms with van der Waals surface area (Å²) in [6, 6.07) is 6.60. The van der Waals surface area contributed by atoms with Gasteiger partial charge in [-0.05, 0) is 37.1 Å². The Bertz CT molecular complexity index is 627. The zero-order valence-corrected chi connectivity index (χ0v) is 13.0. The molecule has 1 heterocycles. The molecule has 0 aromatic heterocycles. The topological polar surface area (TPSA) is 66.5 Å². The first-order valence-corrected chi connectivity index (χ1v) is 8.00. The Labute approximate surface area is 135 Å². The normalized spacial score (nSPS) is 23.6. The maximum Gasteiger partial charge on any atom is 0.251 e. The molecular weight excluding hydrogens is 292 g/mol. The van der Waals surface area contributed by atoms with E-state index in [1.807, 2.05) is 0 Å². The number of hydrogen-bond donors (Lipinski definition) is 1. The van der Waals surface area contributed by atoms with Crippen molar-refractivity contribution in [3.63, 3.8) is 0 Å². The summed E-state index contributed by atoms with van der Waals surface area (Å²) in [5, 5.41) is 2.69. The van der Waals surface area contributed by atoms with E-state index in [0.717, 1.165) is 25.7 Å². The van der Waals surface area contributed by atoms with Crippen molar-refractivity contribution >= 4 is 23.4 Å². The number of carbonyl (C=O) groups is 3. The monoisotopic (exact) mass is 312 g/mol. The summed E-state index contributed by atoms with van der Waals surface area (Å²) >= 11 is 0. The van der Waals surface area contributed by atoms with Gasteiger partial charge in [-0.2, -0.15) is 0 Å². The highest BCUT2D eigenvalue weighted by atomic mass is 16.2. The van der Waals surface area contributed by atoms with Crippen LogP contribution >= 0.6 is 0 Å². The van der Waals surface area contributed by atoms with Crippen LogP contribution in [-0.4, -0.2) is 24.3 Å². The largest absolute Gasteiger partial charge is 0.349 e. The van der Waals surface area contributed by atoms with Gasteiger partial charge in [0.15, 0.2) is 0 Å². The molecule has 1 saturated heterocycles. The lowest BCUT2D eigenvalue weighted by molar-refractivity contribution is -0.122. The molecule has 2 aliphatic rings. The van der Waals surface area contributed by atoms with Crippen molar-refractivity contribution in [2.45, 2.75) is 25.7 Å². The Morgan fingerprint density at radius 1 is 1.13 bits per heavy atom. The van der Waals surface area contributed by atoms with Crippen molar-refractivity contribution in [1.29, 1.82) is 0 Å². The molecule has 0 spiro atoms. The van der Waals surface area contributed by atoms with Gasteiger partial charge in [0.1, 0.15) is 0 Å². The summed E-state index contributed by atoms with van der Waals surface area (Å²) in [6.45, 7) is 3.94. The van der Waals surface area contributed by atoms with E-state index >= 15 is 0 Å². The van der Waals surface area contributed by atoms with Gasteiger partial charge in [-0.1, -0.05) is 18.9 Å². The zero-order valence-electron chi connectivity index (χ0n) is 13.0. The zero-order chi connectivity index (χ0) is 16.4. The Hall–Kier alpha value is -2.43. The minimum Gasteiger partial charge on any atom is -0.349 e. The predicted octanol–water partition coefficient (Wildman–Crippen LogP) is 2.28. The van der Waals surface area contributed by atoms with Crippen LogP contribution in [-0.2, 0) is 9.59 Å². The van der Waals surface area contributed by atoms with Crippen LogP contribution in [0.4, 0.5) is 5.69 Å². The molecule has 1 N–H and O–H groups in total. The second-order valence-corrected chi connectivity index (χ2v) is 6.05. The number of imide groups is 1. The number of fused-ring (bicyclic) bond motifs is 1. The van der Waals surface area contributed by atoms with E-state index in [1.54, 1.807) is 30.3 Å². The molecule has 1 aliphatic carbocycles. The van der Waals surface area contributed by atoms with Gasteiger partial charge < -0.3 is 5.32 Å². The first kappa shape index (κ1) is 15.5. The van der Waals surface area contributed by atoms with E-state index in [1.165, 1.54) is 4.90 Å². The Kier molecular flexibility index (Phi) is 4.28. The van der Waals surface area contributed by atoms with Gasteiger partial charge in [-0.25, -0.2) is 0 Å². The van der Waals surface area contributed by atoms with Crippen molar-refractivity contribution < 1.29 is 14.4 Å². The third kappa shape index (κ3) is 2.79. The third-order valence-electron chi connectivity index (χ3n) is 4.64. The third-order valence-corrected chi connectivity index (χ3v) is 4.64. The summed E-state index contributed by atoms with van der Waals surface area (Å²) in [7, 11) is 0. The molecule has 3 rings (SSSR count). The smallest absolute Gasteiger partial charge is 0.251 e. The highest BCUT2D eigenvalue weighted by Gasteiger charge is 2.48. The maximum absolute atomic E-state index is 12.5. The summed E-state index contributed by atoms with van der Waals surface area (Å²) in [6.07, 6.45) is 5.23. The summed E-state index contributed by atoms with van der Waals surface area (Å²) < 4.78 is 0. The van der Waals surface area contributed by atoms with E-state index in [9.17, 15) is 14.4 Å². The van der Waals surface area contributed by atoms with E-state index in [2.05, 4.69) is 11.9 Å². The minimum atomic E-state index is -0.204. The molecule has 2 unspecified atom stereocenters. The van der Waals surface area contributed by atoms with Crippen LogP contribution < -0.4 is 10.2 Å². The lowest BCUT2D eigenvalue weighted by Gasteiger charge is -2.19. The number of anilines is 1. The van der Waals surface area contributed by atoms with Gasteiger partial charge in [-0.15, -0.1) is 6.58 Å². The van der Waals surface area contributed by atoms with Crippen molar-refractivity contribution in [1.82, 2.24) is 5.32 Å². The Morgan fingerprint density at radius 2 is 1.70 bits per heavy atom. The van der Waals surface area contributed by atoms with Crippen LogP contribution in [0.3, 0.4) is 0 Å². The molecular formula is C18H20N2O3. The molecule has 1 aromatic rings. The molecule has 23 heavy (non-hydrogen) atoms. The Morgan fingerprint density at radius 3 is 2.22 bits per heavy atom. The van der Waals surface area contributed by atoms with Crippen LogP contribution in [0.1, 0.15) is 36.0 Å². The highest BCUT2D eigenvalue weighted by Crippen LogP contribution is 2.39. The van der Waals surface area contributed by atoms with Crippen molar-refractivity contribution in [3.05, 3.63) is 42.5 Å². The predicted molar refractivity (Wildman–Crippen MR) is 86.9 cm³/mol. The summed E-state index contributed by atoms with van der Waals surface area (Å²) in [5.41, 5.74) is 1.04. The number of rotatable bonds is 4. The van der Waals surface area contributed by atoms with Gasteiger partial charge in [0, 0.05) is 12.1 Å². The molecule has 1 aromatic carbocycles. The standard InChI is InChI=1S/C18H20N2O3/c1-2-11-19-16(21)12-7-9-13(10-8-12)20-17(22)14-5-3-4-6-15(14)18(20)23/h2,7-10,14-15H,1,3-6,11H2,(H,19,21). The van der Waals surface area contributed by atoms with Crippen molar-refractivity contribution in [2.24, 2.45) is 11.8 Å². The highest BCUT2D eigenvalue weighted by molar-refractivity contribution is 6.22. The number of benzene rings is 1. The molecule has 2 atom stereocenters. The van der Waals surface area contributed by atoms with E-state index in [4.69, 9.17) is 0 Å². The molecule has 3 amide bonds. The lowest BCUT2D eigenvalue weighted by atomic mass is 9.81. The van der Waals surface area contributed by atoms with Crippen LogP contribution in [0.15, 0.2) is 36.9 Å². The number of nitrogens with one attached hydrogen (secondary N) is 1. The molecule has 5 heteroatoms. The number of nitrogens with zero attached hydrogens (tertiary/aromatic N) is 1. The molecule has 1 aliphatic heterocycles. The molecule has 120 valence electrons. The van der Waals surface area contributed by atoms with Crippen LogP contribution in [0.25, 0.3) is 0 Å². The Balaban J connectivity index is 1.79. The van der Waals surface area contributed by atoms with Gasteiger partial charge in [0.2, 0.25) is 11.8 Å². The summed E-state index contributed by atoms with van der Waals surface area (Å²) in [5.74, 6) is -0.713. The van der Waals surface area contributed by atoms with E-state index in [0.29, 0.717) is 17.8 Å². The molecule has 0 bridgehead atoms. The second kappa shape index (κ2) is 6.36. The van der Waals surface area contributed by atoms with E-state index in [-0.39, 0.29) is 29.6 Å². The molecule has 5 nitrogen and oxygen atoms in total. The first-order chi connectivity index (χ1) is 11.1. The minimum absolute atomic E-state index is 0.0939. The van der Waals surface area contributed by atoms with Crippen LogP contribution in [0, 0.1) is 11.8 Å². The fraction of sp³-hybridized carbons (Fsp3) is 0.389. The van der Waals surface area contributed by atoms with Crippen molar-refractivity contribution in [2.75, 3.05) is 11.4 Å². The average Bonchev–Trinajstić information content (AvgIpc) is 2.84. The van der Waals surface area contributed by atoms with Crippen LogP contribution in [0.5, 0.6) is 0 Å². The number of amides is 3. The fourth-order valence-electron chi connectivity index (χ4n) is 3.45. The lowest BCUT2D eigenvalue weighted by Crippen LogP contribution is -2.31. The molecule has 1 saturated carbocycles. The SMILES string of the molecule is C=CCNC(=O)c1ccc(N2C(=O)C3CCCCC3C2=O)cc1. The van der Waals surface area contributed by atoms with Gasteiger partial charge in [-0.3, -0.25) is 19.3 Å². The van der Waals surface area contributed by atoms with Gasteiger partial charge in [0.05, 0.1) is 17.5 Å². The number of carbonyl (C=O) groups excluding carboxylic acids is 3. The van der Waals surface area contributed by atoms with Gasteiger partial charge >= 0.3 is 0 Å². The quantitative estimate of drug-likeness (QED) is 0.685. The second-order valence-electron chi connectivity index (χ2n) is 6.05. The number of hydrogen-bond acceptors (Lipinski definition) is 3. The van der Waals surface area contributed by atoms with Crippen molar-refractivity contribution in [3.8, 4) is 0 Å². The van der Waals surface area contributed by atoms with Crippen LogP contribution in [0.2, 0.25) is 0 Å². The molecule has 2 fully saturated rings. The van der Waals surface area contributed by atoms with Gasteiger partial charge in [0.25, 0.3) is 5.91 Å². The molecule has 0 radical (unpaired) electrons.